The molecular weight excluding hydrogens is 409 g/mol. The van der Waals surface area contributed by atoms with E-state index >= 15 is 0 Å². The Labute approximate surface area is 169 Å². The fraction of sp³-hybridized carbons (Fsp3) is 0.222. The average Bonchev–Trinajstić information content (AvgIpc) is 3.12. The summed E-state index contributed by atoms with van der Waals surface area (Å²) in [7, 11) is 0. The maximum Gasteiger partial charge on any atom is 0.342 e. The van der Waals surface area contributed by atoms with Gasteiger partial charge in [0.25, 0.3) is 11.8 Å². The third-order valence-corrected chi connectivity index (χ3v) is 5.08. The summed E-state index contributed by atoms with van der Waals surface area (Å²) in [6.45, 7) is 1.52. The fourth-order valence-corrected chi connectivity index (χ4v) is 3.46. The number of carbonyl (C=O) groups is 4. The van der Waals surface area contributed by atoms with Gasteiger partial charge in [-0.05, 0) is 37.3 Å². The maximum absolute atomic E-state index is 13.5. The maximum atomic E-state index is 13.5. The normalized spacial score (nSPS) is 18.8. The first-order valence-corrected chi connectivity index (χ1v) is 8.97. The molecule has 0 aliphatic carbocycles. The first-order valence-electron chi connectivity index (χ1n) is 8.21. The summed E-state index contributed by atoms with van der Waals surface area (Å²) in [5.74, 6) is -3.58. The molecular formula is C18H15Cl2N3O5. The van der Waals surface area contributed by atoms with Crippen molar-refractivity contribution in [2.75, 3.05) is 11.5 Å². The van der Waals surface area contributed by atoms with Gasteiger partial charge in [-0.2, -0.15) is 0 Å². The molecule has 1 aromatic carbocycles. The summed E-state index contributed by atoms with van der Waals surface area (Å²) in [5, 5.41) is 0.330. The highest BCUT2D eigenvalue weighted by atomic mass is 35.5. The molecule has 0 saturated heterocycles. The molecule has 0 spiro atoms. The number of primary amides is 1. The Morgan fingerprint density at radius 3 is 2.50 bits per heavy atom. The summed E-state index contributed by atoms with van der Waals surface area (Å²) < 4.78 is 6.20. The standard InChI is InChI=1S/C18H15Cl2N3O5/c1-2-28-17(27)18(9-14(21)24)16(26)23(10-5-6-11(19)12(20)8-10)15(25)13-4-3-7-22(13)18/h3-8H,2,9H2,1H3,(H2,21,24). The zero-order chi connectivity index (χ0) is 20.6. The Balaban J connectivity index is 2.27. The highest BCUT2D eigenvalue weighted by molar-refractivity contribution is 6.42. The van der Waals surface area contributed by atoms with Crippen LogP contribution in [0.1, 0.15) is 23.8 Å². The minimum absolute atomic E-state index is 0.0139. The monoisotopic (exact) mass is 423 g/mol. The average molecular weight is 424 g/mol. The molecule has 0 radical (unpaired) electrons. The van der Waals surface area contributed by atoms with Gasteiger partial charge in [0, 0.05) is 6.20 Å². The van der Waals surface area contributed by atoms with Crippen molar-refractivity contribution in [2.45, 2.75) is 18.9 Å². The zero-order valence-corrected chi connectivity index (χ0v) is 16.2. The van der Waals surface area contributed by atoms with E-state index < -0.39 is 35.7 Å². The number of nitrogens with two attached hydrogens (primary N) is 1. The Hall–Kier alpha value is -2.84. The quantitative estimate of drug-likeness (QED) is 0.449. The summed E-state index contributed by atoms with van der Waals surface area (Å²) in [5.41, 5.74) is 3.29. The van der Waals surface area contributed by atoms with Crippen molar-refractivity contribution >= 4 is 52.6 Å². The summed E-state index contributed by atoms with van der Waals surface area (Å²) in [4.78, 5) is 51.9. The van der Waals surface area contributed by atoms with Crippen LogP contribution in [0.2, 0.25) is 10.0 Å². The Morgan fingerprint density at radius 2 is 1.89 bits per heavy atom. The molecule has 0 fully saturated rings. The number of anilines is 1. The summed E-state index contributed by atoms with van der Waals surface area (Å²) in [6.07, 6.45) is 0.675. The minimum Gasteiger partial charge on any atom is -0.464 e. The van der Waals surface area contributed by atoms with Crippen LogP contribution in [0.25, 0.3) is 0 Å². The predicted molar refractivity (Wildman–Crippen MR) is 101 cm³/mol. The minimum atomic E-state index is -2.15. The number of ether oxygens (including phenoxy) is 1. The van der Waals surface area contributed by atoms with Crippen LogP contribution in [0.3, 0.4) is 0 Å². The molecule has 3 rings (SSSR count). The Kier molecular flexibility index (Phi) is 5.18. The number of carbonyl (C=O) groups excluding carboxylic acids is 4. The molecule has 0 bridgehead atoms. The molecule has 1 aliphatic rings. The van der Waals surface area contributed by atoms with Crippen LogP contribution >= 0.6 is 23.2 Å². The number of nitrogens with zero attached hydrogens (tertiary/aromatic N) is 2. The molecule has 3 amide bonds. The lowest BCUT2D eigenvalue weighted by Gasteiger charge is -2.39. The van der Waals surface area contributed by atoms with Crippen LogP contribution < -0.4 is 10.6 Å². The molecule has 146 valence electrons. The molecule has 2 heterocycles. The SMILES string of the molecule is CCOC(=O)C1(CC(N)=O)C(=O)N(c2ccc(Cl)c(Cl)c2)C(=O)c2cccn21. The number of esters is 1. The number of rotatable bonds is 5. The molecule has 1 unspecified atom stereocenters. The molecule has 1 atom stereocenters. The predicted octanol–water partition coefficient (Wildman–Crippen LogP) is 2.12. The van der Waals surface area contributed by atoms with Crippen molar-refractivity contribution in [3.05, 3.63) is 52.3 Å². The van der Waals surface area contributed by atoms with Gasteiger partial charge in [0.1, 0.15) is 5.69 Å². The largest absolute Gasteiger partial charge is 0.464 e. The van der Waals surface area contributed by atoms with Crippen LogP contribution in [-0.2, 0) is 24.7 Å². The number of benzene rings is 1. The van der Waals surface area contributed by atoms with Gasteiger partial charge < -0.3 is 15.0 Å². The van der Waals surface area contributed by atoms with Gasteiger partial charge in [0.05, 0.1) is 28.8 Å². The number of halogens is 2. The lowest BCUT2D eigenvalue weighted by atomic mass is 9.89. The molecule has 0 saturated carbocycles. The Morgan fingerprint density at radius 1 is 1.18 bits per heavy atom. The van der Waals surface area contributed by atoms with E-state index in [-0.39, 0.29) is 28.0 Å². The van der Waals surface area contributed by atoms with Gasteiger partial charge in [0.2, 0.25) is 11.4 Å². The molecule has 1 aromatic heterocycles. The molecule has 28 heavy (non-hydrogen) atoms. The van der Waals surface area contributed by atoms with Gasteiger partial charge in [-0.3, -0.25) is 14.4 Å². The molecule has 2 N–H and O–H groups in total. The second-order valence-corrected chi connectivity index (χ2v) is 6.85. The Bertz CT molecular complexity index is 1000. The smallest absolute Gasteiger partial charge is 0.342 e. The number of amides is 3. The highest BCUT2D eigenvalue weighted by Gasteiger charge is 2.58. The topological polar surface area (TPSA) is 112 Å². The van der Waals surface area contributed by atoms with E-state index in [1.807, 2.05) is 0 Å². The van der Waals surface area contributed by atoms with Gasteiger partial charge in [-0.15, -0.1) is 0 Å². The summed E-state index contributed by atoms with van der Waals surface area (Å²) >= 11 is 11.9. The van der Waals surface area contributed by atoms with Gasteiger partial charge in [-0.25, -0.2) is 9.69 Å². The van der Waals surface area contributed by atoms with E-state index in [0.29, 0.717) is 0 Å². The second kappa shape index (κ2) is 7.29. The number of hydrogen-bond donors (Lipinski definition) is 1. The van der Waals surface area contributed by atoms with Crippen molar-refractivity contribution in [3.63, 3.8) is 0 Å². The van der Waals surface area contributed by atoms with E-state index in [2.05, 4.69) is 0 Å². The third-order valence-electron chi connectivity index (χ3n) is 4.34. The van der Waals surface area contributed by atoms with Crippen LogP contribution in [0, 0.1) is 0 Å². The third kappa shape index (κ3) is 2.94. The van der Waals surface area contributed by atoms with Crippen molar-refractivity contribution in [1.82, 2.24) is 4.57 Å². The lowest BCUT2D eigenvalue weighted by Crippen LogP contribution is -2.63. The number of imide groups is 1. The molecule has 10 heteroatoms. The molecule has 1 aliphatic heterocycles. The van der Waals surface area contributed by atoms with Crippen molar-refractivity contribution in [3.8, 4) is 0 Å². The van der Waals surface area contributed by atoms with E-state index in [1.165, 1.54) is 36.5 Å². The fourth-order valence-electron chi connectivity index (χ4n) is 3.16. The van der Waals surface area contributed by atoms with Gasteiger partial charge >= 0.3 is 5.97 Å². The van der Waals surface area contributed by atoms with E-state index in [1.54, 1.807) is 6.92 Å². The van der Waals surface area contributed by atoms with Crippen LogP contribution in [0.15, 0.2) is 36.5 Å². The van der Waals surface area contributed by atoms with E-state index in [0.717, 1.165) is 9.47 Å². The zero-order valence-electron chi connectivity index (χ0n) is 14.6. The van der Waals surface area contributed by atoms with Crippen LogP contribution in [-0.4, -0.2) is 34.9 Å². The number of hydrogen-bond acceptors (Lipinski definition) is 5. The first kappa shape index (κ1) is 19.9. The molecule has 8 nitrogen and oxygen atoms in total. The van der Waals surface area contributed by atoms with Crippen LogP contribution in [0.4, 0.5) is 5.69 Å². The van der Waals surface area contributed by atoms with E-state index in [9.17, 15) is 19.2 Å². The lowest BCUT2D eigenvalue weighted by molar-refractivity contribution is -0.161. The van der Waals surface area contributed by atoms with Crippen LogP contribution in [0.5, 0.6) is 0 Å². The number of aromatic nitrogens is 1. The highest BCUT2D eigenvalue weighted by Crippen LogP contribution is 2.37. The second-order valence-electron chi connectivity index (χ2n) is 6.03. The first-order chi connectivity index (χ1) is 13.2. The van der Waals surface area contributed by atoms with Gasteiger partial charge in [-0.1, -0.05) is 23.2 Å². The summed E-state index contributed by atoms with van der Waals surface area (Å²) in [6, 6.07) is 7.04. The van der Waals surface area contributed by atoms with Crippen molar-refractivity contribution < 1.29 is 23.9 Å². The van der Waals surface area contributed by atoms with Gasteiger partial charge in [0.15, 0.2) is 0 Å². The molecule has 2 aromatic rings. The van der Waals surface area contributed by atoms with E-state index in [4.69, 9.17) is 33.7 Å². The van der Waals surface area contributed by atoms with Crippen molar-refractivity contribution in [1.29, 1.82) is 0 Å². The number of fused-ring (bicyclic) bond motifs is 1. The van der Waals surface area contributed by atoms with Crippen molar-refractivity contribution in [2.24, 2.45) is 5.73 Å².